The number of pyridine rings is 1. The van der Waals surface area contributed by atoms with Crippen molar-refractivity contribution in [2.75, 3.05) is 26.2 Å². The first kappa shape index (κ1) is 33.0. The first-order valence-corrected chi connectivity index (χ1v) is 13.1. The van der Waals surface area contributed by atoms with Gasteiger partial charge in [-0.2, -0.15) is 37.7 Å². The fraction of sp³-hybridized carbons (Fsp3) is 0.520. The predicted molar refractivity (Wildman–Crippen MR) is 132 cm³/mol. The summed E-state index contributed by atoms with van der Waals surface area (Å²) in [5.74, 6) is -5.26. The predicted octanol–water partition coefficient (Wildman–Crippen LogP) is 4.86. The summed E-state index contributed by atoms with van der Waals surface area (Å²) in [5, 5.41) is 18.7. The Hall–Kier alpha value is -3.20. The largest absolute Gasteiger partial charge is 0.490 e. The van der Waals surface area contributed by atoms with Crippen molar-refractivity contribution in [2.24, 2.45) is 5.41 Å². The normalized spacial score (nSPS) is 17.2. The first-order valence-electron chi connectivity index (χ1n) is 12.1. The molecule has 4 rings (SSSR count). The van der Waals surface area contributed by atoms with Crippen LogP contribution in [0.15, 0.2) is 41.4 Å². The molecule has 2 aromatic heterocycles. The van der Waals surface area contributed by atoms with Gasteiger partial charge in [-0.15, -0.1) is 0 Å². The topological polar surface area (TPSA) is 111 Å². The molecule has 40 heavy (non-hydrogen) atoms. The zero-order chi connectivity index (χ0) is 30.0. The number of carbonyl (C=O) groups excluding carboxylic acids is 1. The van der Waals surface area contributed by atoms with Crippen LogP contribution in [0.5, 0.6) is 0 Å². The van der Waals surface area contributed by atoms with E-state index in [1.807, 2.05) is 12.1 Å². The molecule has 1 amide bonds. The van der Waals surface area contributed by atoms with Crippen LogP contribution in [0.4, 0.5) is 26.3 Å². The maximum atomic E-state index is 12.6. The highest BCUT2D eigenvalue weighted by Crippen LogP contribution is 2.41. The summed E-state index contributed by atoms with van der Waals surface area (Å²) in [7, 11) is 0. The quantitative estimate of drug-likeness (QED) is 0.485. The van der Waals surface area contributed by atoms with Crippen molar-refractivity contribution in [2.45, 2.75) is 51.0 Å². The van der Waals surface area contributed by atoms with Crippen molar-refractivity contribution in [1.82, 2.24) is 14.8 Å². The lowest BCUT2D eigenvalue weighted by Crippen LogP contribution is -2.48. The van der Waals surface area contributed by atoms with E-state index >= 15 is 0 Å². The second kappa shape index (κ2) is 14.4. The summed E-state index contributed by atoms with van der Waals surface area (Å²) in [4.78, 5) is 39.1. The SMILES string of the molecule is O=C(Cc1cccnc1)N1CCC2(CCN(Cc3ccsc3)CC2)CC1.O=C(O)C(F)(F)F.O=C(O)C(F)(F)F. The standard InChI is InChI=1S/C21H27N3OS.2C2HF3O2/c25-20(14-18-2-1-8-22-15-18)24-11-6-21(7-12-24)4-9-23(10-5-21)16-19-3-13-26-17-19;2*3-2(4,5)1(6)7/h1-3,8,13,15,17H,4-7,9-12,14,16H2;2*(H,6,7). The molecule has 222 valence electrons. The second-order valence-electron chi connectivity index (χ2n) is 9.43. The number of aromatic nitrogens is 1. The minimum Gasteiger partial charge on any atom is -0.475 e. The van der Waals surface area contributed by atoms with Crippen molar-refractivity contribution in [1.29, 1.82) is 0 Å². The summed E-state index contributed by atoms with van der Waals surface area (Å²) >= 11 is 1.79. The van der Waals surface area contributed by atoms with Crippen LogP contribution in [0.2, 0.25) is 0 Å². The molecule has 0 aliphatic carbocycles. The zero-order valence-corrected chi connectivity index (χ0v) is 22.1. The molecule has 1 spiro atoms. The highest BCUT2D eigenvalue weighted by molar-refractivity contribution is 7.07. The molecule has 2 saturated heterocycles. The Morgan fingerprint density at radius 2 is 1.40 bits per heavy atom. The van der Waals surface area contributed by atoms with Crippen molar-refractivity contribution >= 4 is 29.2 Å². The number of likely N-dealkylation sites (tertiary alicyclic amines) is 2. The van der Waals surface area contributed by atoms with Crippen molar-refractivity contribution in [3.05, 3.63) is 52.5 Å². The third kappa shape index (κ3) is 11.1. The number of nitrogens with zero attached hydrogens (tertiary/aromatic N) is 3. The molecule has 0 aromatic carbocycles. The van der Waals surface area contributed by atoms with E-state index in [2.05, 4.69) is 31.6 Å². The number of piperidine rings is 2. The van der Waals surface area contributed by atoms with Crippen LogP contribution >= 0.6 is 11.3 Å². The van der Waals surface area contributed by atoms with Crippen LogP contribution in [-0.2, 0) is 27.3 Å². The lowest BCUT2D eigenvalue weighted by Gasteiger charge is -2.47. The maximum absolute atomic E-state index is 12.6. The van der Waals surface area contributed by atoms with Gasteiger partial charge in [0.2, 0.25) is 5.91 Å². The van der Waals surface area contributed by atoms with Gasteiger partial charge in [0.15, 0.2) is 0 Å². The molecule has 2 aliphatic rings. The monoisotopic (exact) mass is 597 g/mol. The molecule has 0 radical (unpaired) electrons. The van der Waals surface area contributed by atoms with E-state index in [-0.39, 0.29) is 5.91 Å². The van der Waals surface area contributed by atoms with Crippen LogP contribution < -0.4 is 0 Å². The second-order valence-corrected chi connectivity index (χ2v) is 10.2. The Balaban J connectivity index is 0.000000333. The summed E-state index contributed by atoms with van der Waals surface area (Å²) in [6.45, 7) is 5.32. The van der Waals surface area contributed by atoms with Crippen LogP contribution in [0.1, 0.15) is 36.8 Å². The molecule has 15 heteroatoms. The smallest absolute Gasteiger partial charge is 0.475 e. The minimum absolute atomic E-state index is 0.253. The average molecular weight is 598 g/mol. The van der Waals surface area contributed by atoms with Gasteiger partial charge in [0.05, 0.1) is 6.42 Å². The van der Waals surface area contributed by atoms with Gasteiger partial charge in [-0.1, -0.05) is 6.07 Å². The molecule has 8 nitrogen and oxygen atoms in total. The first-order chi connectivity index (χ1) is 18.6. The van der Waals surface area contributed by atoms with E-state index in [9.17, 15) is 31.1 Å². The number of amides is 1. The molecule has 0 unspecified atom stereocenters. The number of carbonyl (C=O) groups is 3. The van der Waals surface area contributed by atoms with E-state index in [1.165, 1.54) is 31.5 Å². The van der Waals surface area contributed by atoms with Gasteiger partial charge in [-0.25, -0.2) is 9.59 Å². The molecule has 0 atom stereocenters. The Labute approximate surface area is 230 Å². The molecule has 0 bridgehead atoms. The van der Waals surface area contributed by atoms with Gasteiger partial charge in [0.1, 0.15) is 0 Å². The fourth-order valence-electron chi connectivity index (χ4n) is 4.35. The fourth-order valence-corrected chi connectivity index (χ4v) is 5.01. The van der Waals surface area contributed by atoms with Crippen LogP contribution in [0.25, 0.3) is 0 Å². The maximum Gasteiger partial charge on any atom is 0.490 e. The van der Waals surface area contributed by atoms with Gasteiger partial charge in [0, 0.05) is 32.0 Å². The lowest BCUT2D eigenvalue weighted by atomic mass is 9.71. The Kier molecular flexibility index (Phi) is 11.9. The molecular formula is C25H29F6N3O5S. The molecule has 2 N–H and O–H groups in total. The number of thiophene rings is 1. The molecule has 4 heterocycles. The lowest BCUT2D eigenvalue weighted by molar-refractivity contribution is -0.193. The number of aliphatic carboxylic acids is 2. The summed E-state index contributed by atoms with van der Waals surface area (Å²) in [6, 6.07) is 6.12. The van der Waals surface area contributed by atoms with Crippen LogP contribution in [0, 0.1) is 5.41 Å². The summed E-state index contributed by atoms with van der Waals surface area (Å²) < 4.78 is 63.5. The van der Waals surface area contributed by atoms with E-state index < -0.39 is 24.3 Å². The van der Waals surface area contributed by atoms with Crippen molar-refractivity contribution < 1.29 is 50.9 Å². The number of hydrogen-bond acceptors (Lipinski definition) is 6. The number of carboxylic acid groups (broad SMARTS) is 2. The third-order valence-corrected chi connectivity index (χ3v) is 7.38. The van der Waals surface area contributed by atoms with E-state index in [0.29, 0.717) is 11.8 Å². The number of carboxylic acids is 2. The minimum atomic E-state index is -5.08. The van der Waals surface area contributed by atoms with E-state index in [1.54, 1.807) is 23.7 Å². The Morgan fingerprint density at radius 3 is 1.82 bits per heavy atom. The number of hydrogen-bond donors (Lipinski definition) is 2. The van der Waals surface area contributed by atoms with Gasteiger partial charge < -0.3 is 15.1 Å². The molecule has 2 aliphatic heterocycles. The zero-order valence-electron chi connectivity index (χ0n) is 21.2. The molecule has 2 aromatic rings. The Bertz CT molecular complexity index is 1050. The van der Waals surface area contributed by atoms with Gasteiger partial charge in [0.25, 0.3) is 0 Å². The highest BCUT2D eigenvalue weighted by Gasteiger charge is 2.39. The van der Waals surface area contributed by atoms with Crippen LogP contribution in [0.3, 0.4) is 0 Å². The van der Waals surface area contributed by atoms with Crippen molar-refractivity contribution in [3.8, 4) is 0 Å². The van der Waals surface area contributed by atoms with E-state index in [0.717, 1.165) is 38.0 Å². The van der Waals surface area contributed by atoms with E-state index in [4.69, 9.17) is 19.8 Å². The summed E-state index contributed by atoms with van der Waals surface area (Å²) in [6.07, 6.45) is -1.25. The van der Waals surface area contributed by atoms with Crippen molar-refractivity contribution in [3.63, 3.8) is 0 Å². The number of halogens is 6. The van der Waals surface area contributed by atoms with Gasteiger partial charge in [-0.05, 0) is 78.2 Å². The molecule has 0 saturated carbocycles. The average Bonchev–Trinajstić information content (AvgIpc) is 3.39. The van der Waals surface area contributed by atoms with Gasteiger partial charge in [-0.3, -0.25) is 14.7 Å². The number of rotatable bonds is 4. The summed E-state index contributed by atoms with van der Waals surface area (Å²) in [5.41, 5.74) is 2.93. The van der Waals surface area contributed by atoms with Gasteiger partial charge >= 0.3 is 24.3 Å². The number of alkyl halides is 6. The molecule has 2 fully saturated rings. The van der Waals surface area contributed by atoms with Crippen LogP contribution in [-0.4, -0.2) is 81.4 Å². The Morgan fingerprint density at radius 1 is 0.875 bits per heavy atom. The highest BCUT2D eigenvalue weighted by atomic mass is 32.1. The third-order valence-electron chi connectivity index (χ3n) is 6.64. The molecular weight excluding hydrogens is 568 g/mol.